The summed E-state index contributed by atoms with van der Waals surface area (Å²) in [5, 5.41) is 0. The smallest absolute Gasteiger partial charge is 0.167 e. The largest absolute Gasteiger partial charge is 0.486 e. The second-order valence-electron chi connectivity index (χ2n) is 4.20. The van der Waals surface area contributed by atoms with Gasteiger partial charge in [0.1, 0.15) is 11.6 Å². The second-order valence-corrected chi connectivity index (χ2v) is 4.64. The number of thiocarbonyl (C=S) groups is 1. The van der Waals surface area contributed by atoms with Crippen LogP contribution in [0.1, 0.15) is 16.7 Å². The van der Waals surface area contributed by atoms with E-state index in [0.717, 1.165) is 11.1 Å². The van der Waals surface area contributed by atoms with Crippen LogP contribution in [0.2, 0.25) is 0 Å². The molecule has 0 heterocycles. The van der Waals surface area contributed by atoms with E-state index in [1.807, 2.05) is 24.3 Å². The van der Waals surface area contributed by atoms with Crippen molar-refractivity contribution < 1.29 is 9.13 Å². The predicted molar refractivity (Wildman–Crippen MR) is 77.8 cm³/mol. The minimum Gasteiger partial charge on any atom is -0.486 e. The highest BCUT2D eigenvalue weighted by atomic mass is 32.1. The highest BCUT2D eigenvalue weighted by Crippen LogP contribution is 2.21. The molecule has 2 nitrogen and oxygen atoms in total. The Hall–Kier alpha value is -1.94. The molecule has 0 saturated heterocycles. The summed E-state index contributed by atoms with van der Waals surface area (Å²) in [6, 6.07) is 12.5. The number of benzene rings is 2. The summed E-state index contributed by atoms with van der Waals surface area (Å²) >= 11 is 4.98. The van der Waals surface area contributed by atoms with Crippen LogP contribution in [0.3, 0.4) is 0 Å². The van der Waals surface area contributed by atoms with Gasteiger partial charge in [0.05, 0.1) is 0 Å². The van der Waals surface area contributed by atoms with Gasteiger partial charge in [-0.05, 0) is 24.1 Å². The minimum atomic E-state index is -0.338. The summed E-state index contributed by atoms with van der Waals surface area (Å²) < 4.78 is 19.3. The van der Waals surface area contributed by atoms with Crippen molar-refractivity contribution in [2.45, 2.75) is 13.5 Å². The molecule has 0 atom stereocenters. The van der Waals surface area contributed by atoms with Crippen molar-refractivity contribution in [3.63, 3.8) is 0 Å². The van der Waals surface area contributed by atoms with E-state index in [2.05, 4.69) is 0 Å². The molecule has 0 bridgehead atoms. The number of aryl methyl sites for hydroxylation is 1. The maximum absolute atomic E-state index is 13.8. The molecule has 0 radical (unpaired) electrons. The fourth-order valence-corrected chi connectivity index (χ4v) is 1.97. The molecule has 0 aliphatic heterocycles. The number of halogens is 1. The van der Waals surface area contributed by atoms with Crippen LogP contribution in [0.25, 0.3) is 0 Å². The molecule has 0 saturated carbocycles. The van der Waals surface area contributed by atoms with Crippen molar-refractivity contribution >= 4 is 17.2 Å². The quantitative estimate of drug-likeness (QED) is 0.869. The van der Waals surface area contributed by atoms with Crippen molar-refractivity contribution in [3.05, 3.63) is 65.0 Å². The molecular formula is C15H14FNOS. The number of hydrogen-bond acceptors (Lipinski definition) is 2. The van der Waals surface area contributed by atoms with Gasteiger partial charge in [-0.3, -0.25) is 0 Å². The number of nitrogens with two attached hydrogens (primary N) is 1. The summed E-state index contributed by atoms with van der Waals surface area (Å²) in [7, 11) is 0. The van der Waals surface area contributed by atoms with E-state index in [9.17, 15) is 4.39 Å². The van der Waals surface area contributed by atoms with E-state index in [1.165, 1.54) is 0 Å². The lowest BCUT2D eigenvalue weighted by atomic mass is 10.1. The normalized spacial score (nSPS) is 10.2. The summed E-state index contributed by atoms with van der Waals surface area (Å²) in [5.41, 5.74) is 7.79. The molecule has 2 aromatic carbocycles. The first-order valence-corrected chi connectivity index (χ1v) is 6.26. The van der Waals surface area contributed by atoms with Crippen molar-refractivity contribution in [2.75, 3.05) is 0 Å². The lowest BCUT2D eigenvalue weighted by molar-refractivity contribution is 0.289. The van der Waals surface area contributed by atoms with E-state index in [4.69, 9.17) is 22.7 Å². The van der Waals surface area contributed by atoms with Crippen LogP contribution < -0.4 is 10.5 Å². The Morgan fingerprint density at radius 2 is 1.95 bits per heavy atom. The summed E-state index contributed by atoms with van der Waals surface area (Å²) in [6.45, 7) is 1.93. The monoisotopic (exact) mass is 275 g/mol. The topological polar surface area (TPSA) is 35.2 Å². The van der Waals surface area contributed by atoms with Gasteiger partial charge in [0.2, 0.25) is 0 Å². The Morgan fingerprint density at radius 1 is 1.21 bits per heavy atom. The maximum atomic E-state index is 13.8. The lowest BCUT2D eigenvalue weighted by Gasteiger charge is -2.11. The second kappa shape index (κ2) is 5.80. The van der Waals surface area contributed by atoms with E-state index in [0.29, 0.717) is 10.6 Å². The Bertz CT molecular complexity index is 613. The summed E-state index contributed by atoms with van der Waals surface area (Å²) in [5.74, 6) is -0.104. The van der Waals surface area contributed by atoms with Crippen LogP contribution in [-0.2, 0) is 6.61 Å². The number of ether oxygens (including phenoxy) is 1. The Morgan fingerprint density at radius 3 is 2.68 bits per heavy atom. The SMILES string of the molecule is Cc1cccc(OCc2ccccc2C(N)=S)c1F. The van der Waals surface area contributed by atoms with Crippen molar-refractivity contribution in [1.29, 1.82) is 0 Å². The number of rotatable bonds is 4. The zero-order chi connectivity index (χ0) is 13.8. The number of hydrogen-bond donors (Lipinski definition) is 1. The lowest BCUT2D eigenvalue weighted by Crippen LogP contribution is -2.13. The molecule has 98 valence electrons. The zero-order valence-electron chi connectivity index (χ0n) is 10.5. The van der Waals surface area contributed by atoms with Crippen LogP contribution in [0.15, 0.2) is 42.5 Å². The highest BCUT2D eigenvalue weighted by Gasteiger charge is 2.08. The summed E-state index contributed by atoms with van der Waals surface area (Å²) in [4.78, 5) is 0.309. The van der Waals surface area contributed by atoms with Gasteiger partial charge in [-0.1, -0.05) is 48.6 Å². The molecule has 0 unspecified atom stereocenters. The standard InChI is InChI=1S/C15H14FNOS/c1-10-5-4-8-13(14(10)16)18-9-11-6-2-3-7-12(11)15(17)19/h2-8H,9H2,1H3,(H2,17,19). The molecule has 0 aliphatic rings. The van der Waals surface area contributed by atoms with Crippen LogP contribution in [0.5, 0.6) is 5.75 Å². The molecular weight excluding hydrogens is 261 g/mol. The van der Waals surface area contributed by atoms with E-state index >= 15 is 0 Å². The molecule has 2 N–H and O–H groups in total. The Labute approximate surface area is 117 Å². The van der Waals surface area contributed by atoms with E-state index < -0.39 is 0 Å². The van der Waals surface area contributed by atoms with Gasteiger partial charge in [-0.15, -0.1) is 0 Å². The van der Waals surface area contributed by atoms with E-state index in [-0.39, 0.29) is 18.2 Å². The van der Waals surface area contributed by atoms with Gasteiger partial charge in [-0.25, -0.2) is 4.39 Å². The molecule has 2 rings (SSSR count). The van der Waals surface area contributed by atoms with Crippen LogP contribution in [-0.4, -0.2) is 4.99 Å². The third kappa shape index (κ3) is 3.09. The van der Waals surface area contributed by atoms with Crippen LogP contribution >= 0.6 is 12.2 Å². The first kappa shape index (κ1) is 13.5. The van der Waals surface area contributed by atoms with Gasteiger partial charge < -0.3 is 10.5 Å². The first-order chi connectivity index (χ1) is 9.09. The van der Waals surface area contributed by atoms with Gasteiger partial charge in [-0.2, -0.15) is 0 Å². The molecule has 0 amide bonds. The molecule has 0 aliphatic carbocycles. The molecule has 0 spiro atoms. The zero-order valence-corrected chi connectivity index (χ0v) is 11.3. The minimum absolute atomic E-state index is 0.230. The highest BCUT2D eigenvalue weighted by molar-refractivity contribution is 7.80. The molecule has 2 aromatic rings. The average molecular weight is 275 g/mol. The predicted octanol–water partition coefficient (Wildman–Crippen LogP) is 3.35. The van der Waals surface area contributed by atoms with Gasteiger partial charge in [0.25, 0.3) is 0 Å². The average Bonchev–Trinajstić information content (AvgIpc) is 2.40. The fraction of sp³-hybridized carbons (Fsp3) is 0.133. The maximum Gasteiger partial charge on any atom is 0.167 e. The Balaban J connectivity index is 2.19. The van der Waals surface area contributed by atoms with Crippen molar-refractivity contribution in [3.8, 4) is 5.75 Å². The van der Waals surface area contributed by atoms with Crippen LogP contribution in [0, 0.1) is 12.7 Å². The van der Waals surface area contributed by atoms with Crippen molar-refractivity contribution in [2.24, 2.45) is 5.73 Å². The summed E-state index contributed by atoms with van der Waals surface area (Å²) in [6.07, 6.45) is 0. The molecule has 0 fully saturated rings. The van der Waals surface area contributed by atoms with Crippen molar-refractivity contribution in [1.82, 2.24) is 0 Å². The van der Waals surface area contributed by atoms with Gasteiger partial charge >= 0.3 is 0 Å². The third-order valence-electron chi connectivity index (χ3n) is 2.82. The van der Waals surface area contributed by atoms with Gasteiger partial charge in [0.15, 0.2) is 11.6 Å². The van der Waals surface area contributed by atoms with E-state index in [1.54, 1.807) is 25.1 Å². The molecule has 4 heteroatoms. The van der Waals surface area contributed by atoms with Gasteiger partial charge in [0, 0.05) is 5.56 Å². The van der Waals surface area contributed by atoms with Crippen LogP contribution in [0.4, 0.5) is 4.39 Å². The molecule has 0 aromatic heterocycles. The first-order valence-electron chi connectivity index (χ1n) is 5.85. The third-order valence-corrected chi connectivity index (χ3v) is 3.04. The molecule has 19 heavy (non-hydrogen) atoms. The Kier molecular flexibility index (Phi) is 4.12. The fourth-order valence-electron chi connectivity index (χ4n) is 1.77.